The number of nitrogens with one attached hydrogen (secondary N) is 1. The quantitative estimate of drug-likeness (QED) is 0.664. The highest BCUT2D eigenvalue weighted by Crippen LogP contribution is 2.43. The third-order valence-electron chi connectivity index (χ3n) is 4.12. The molecule has 2 aliphatic rings. The number of morpholine rings is 1. The summed E-state index contributed by atoms with van der Waals surface area (Å²) in [5.41, 5.74) is 2.19. The van der Waals surface area contributed by atoms with E-state index in [0.717, 1.165) is 28.7 Å². The first-order valence-corrected chi connectivity index (χ1v) is 9.75. The number of thioether (sulfide) groups is 1. The SMILES string of the molecule is N#C/C(=C1/Nc2ccccc2S1)c1ccnc(N2CCOCC2)n1.O=C(O)C(F)(F)F. The molecule has 0 radical (unpaired) electrons. The molecule has 2 N–H and O–H groups in total. The van der Waals surface area contributed by atoms with E-state index in [0.29, 0.717) is 30.4 Å². The first-order chi connectivity index (χ1) is 14.8. The molecule has 3 heterocycles. The van der Waals surface area contributed by atoms with Gasteiger partial charge in [0, 0.05) is 24.2 Å². The first-order valence-electron chi connectivity index (χ1n) is 8.94. The molecule has 1 saturated heterocycles. The highest BCUT2D eigenvalue weighted by Gasteiger charge is 2.38. The number of halogens is 3. The molecule has 1 aromatic carbocycles. The van der Waals surface area contributed by atoms with Crippen LogP contribution < -0.4 is 10.2 Å². The van der Waals surface area contributed by atoms with E-state index in [9.17, 15) is 18.4 Å². The minimum Gasteiger partial charge on any atom is -0.475 e. The number of fused-ring (bicyclic) bond motifs is 1. The average molecular weight is 451 g/mol. The van der Waals surface area contributed by atoms with Gasteiger partial charge in [-0.2, -0.15) is 18.4 Å². The van der Waals surface area contributed by atoms with Crippen LogP contribution in [0.2, 0.25) is 0 Å². The fourth-order valence-electron chi connectivity index (χ4n) is 2.66. The summed E-state index contributed by atoms with van der Waals surface area (Å²) in [6.07, 6.45) is -3.38. The van der Waals surface area contributed by atoms with E-state index in [1.807, 2.05) is 24.3 Å². The number of carbonyl (C=O) groups is 1. The zero-order chi connectivity index (χ0) is 22.4. The van der Waals surface area contributed by atoms with Crippen LogP contribution in [0.3, 0.4) is 0 Å². The van der Waals surface area contributed by atoms with Crippen LogP contribution in [0.25, 0.3) is 5.57 Å². The Morgan fingerprint density at radius 1 is 1.26 bits per heavy atom. The van der Waals surface area contributed by atoms with E-state index in [1.165, 1.54) is 0 Å². The third-order valence-corrected chi connectivity index (χ3v) is 5.21. The maximum Gasteiger partial charge on any atom is 0.490 e. The van der Waals surface area contributed by atoms with Gasteiger partial charge < -0.3 is 20.1 Å². The number of benzene rings is 1. The standard InChI is InChI=1S/C17H15N5OS.C2HF3O2/c18-11-12(16-20-14-3-1-2-4-15(14)24-16)13-5-6-19-17(21-13)22-7-9-23-10-8-22;3-2(4,5)1(6)7/h1-6,20H,7-10H2;(H,6,7)/b16-12+;. The lowest BCUT2D eigenvalue weighted by Gasteiger charge is -2.26. The summed E-state index contributed by atoms with van der Waals surface area (Å²) >= 11 is 1.56. The van der Waals surface area contributed by atoms with E-state index < -0.39 is 12.1 Å². The molecule has 0 aliphatic carbocycles. The summed E-state index contributed by atoms with van der Waals surface area (Å²) in [7, 11) is 0. The lowest BCUT2D eigenvalue weighted by atomic mass is 10.2. The number of nitriles is 1. The van der Waals surface area contributed by atoms with Crippen molar-refractivity contribution in [2.24, 2.45) is 0 Å². The number of aromatic nitrogens is 2. The number of allylic oxidation sites excluding steroid dienone is 1. The predicted octanol–water partition coefficient (Wildman–Crippen LogP) is 3.36. The van der Waals surface area contributed by atoms with E-state index in [2.05, 4.69) is 26.3 Å². The Balaban J connectivity index is 0.000000339. The second-order valence-electron chi connectivity index (χ2n) is 6.18. The number of rotatable bonds is 2. The number of alkyl halides is 3. The number of carboxylic acids is 1. The van der Waals surface area contributed by atoms with Gasteiger partial charge in [-0.25, -0.2) is 14.8 Å². The Bertz CT molecular complexity index is 1010. The molecule has 31 heavy (non-hydrogen) atoms. The molecule has 2 aliphatic heterocycles. The van der Waals surface area contributed by atoms with Gasteiger partial charge in [0.25, 0.3) is 0 Å². The van der Waals surface area contributed by atoms with Crippen LogP contribution in [0, 0.1) is 11.3 Å². The number of ether oxygens (including phenoxy) is 1. The lowest BCUT2D eigenvalue weighted by molar-refractivity contribution is -0.192. The van der Waals surface area contributed by atoms with E-state index in [-0.39, 0.29) is 0 Å². The molecule has 0 spiro atoms. The van der Waals surface area contributed by atoms with Crippen molar-refractivity contribution >= 4 is 34.9 Å². The largest absolute Gasteiger partial charge is 0.490 e. The molecule has 0 amide bonds. The van der Waals surface area contributed by atoms with Crippen molar-refractivity contribution in [3.05, 3.63) is 47.3 Å². The van der Waals surface area contributed by atoms with Crippen molar-refractivity contribution in [3.63, 3.8) is 0 Å². The van der Waals surface area contributed by atoms with Crippen molar-refractivity contribution in [2.45, 2.75) is 11.1 Å². The van der Waals surface area contributed by atoms with Crippen LogP contribution in [-0.2, 0) is 9.53 Å². The Kier molecular flexibility index (Phi) is 6.98. The molecule has 8 nitrogen and oxygen atoms in total. The van der Waals surface area contributed by atoms with Crippen LogP contribution in [0.15, 0.2) is 46.5 Å². The zero-order valence-electron chi connectivity index (χ0n) is 15.9. The van der Waals surface area contributed by atoms with Gasteiger partial charge in [-0.15, -0.1) is 0 Å². The average Bonchev–Trinajstić information content (AvgIpc) is 3.19. The molecule has 0 saturated carbocycles. The summed E-state index contributed by atoms with van der Waals surface area (Å²) in [6, 6.07) is 12.1. The Morgan fingerprint density at radius 3 is 2.55 bits per heavy atom. The van der Waals surface area contributed by atoms with Gasteiger partial charge in [0.1, 0.15) is 11.6 Å². The van der Waals surface area contributed by atoms with Gasteiger partial charge in [-0.1, -0.05) is 23.9 Å². The fourth-order valence-corrected chi connectivity index (χ4v) is 3.67. The maximum atomic E-state index is 10.6. The minimum atomic E-state index is -5.08. The van der Waals surface area contributed by atoms with Gasteiger partial charge >= 0.3 is 12.1 Å². The molecular weight excluding hydrogens is 435 g/mol. The van der Waals surface area contributed by atoms with Crippen LogP contribution in [0.4, 0.5) is 24.8 Å². The Hall–Kier alpha value is -3.30. The molecule has 2 aromatic rings. The van der Waals surface area contributed by atoms with Crippen molar-refractivity contribution < 1.29 is 27.8 Å². The van der Waals surface area contributed by atoms with Gasteiger partial charge in [-0.05, 0) is 18.2 Å². The number of anilines is 2. The summed E-state index contributed by atoms with van der Waals surface area (Å²) in [6.45, 7) is 2.87. The number of hydrogen-bond donors (Lipinski definition) is 2. The van der Waals surface area contributed by atoms with Crippen molar-refractivity contribution in [3.8, 4) is 6.07 Å². The smallest absolute Gasteiger partial charge is 0.475 e. The molecule has 1 fully saturated rings. The van der Waals surface area contributed by atoms with Crippen LogP contribution in [0.1, 0.15) is 5.69 Å². The zero-order valence-corrected chi connectivity index (χ0v) is 16.7. The van der Waals surface area contributed by atoms with Gasteiger partial charge in [-0.3, -0.25) is 0 Å². The van der Waals surface area contributed by atoms with Crippen molar-refractivity contribution in [1.29, 1.82) is 5.26 Å². The summed E-state index contributed by atoms with van der Waals surface area (Å²) in [5.74, 6) is -2.11. The molecule has 162 valence electrons. The number of hydrogen-bond acceptors (Lipinski definition) is 8. The summed E-state index contributed by atoms with van der Waals surface area (Å²) in [5, 5.41) is 20.9. The maximum absolute atomic E-state index is 10.6. The highest BCUT2D eigenvalue weighted by atomic mass is 32.2. The number of aliphatic carboxylic acids is 1. The van der Waals surface area contributed by atoms with Crippen LogP contribution >= 0.6 is 11.8 Å². The Labute approximate surface area is 179 Å². The second-order valence-corrected chi connectivity index (χ2v) is 7.24. The number of nitrogens with zero attached hydrogens (tertiary/aromatic N) is 4. The molecule has 1 aromatic heterocycles. The topological polar surface area (TPSA) is 111 Å². The van der Waals surface area contributed by atoms with E-state index >= 15 is 0 Å². The molecule has 4 rings (SSSR count). The summed E-state index contributed by atoms with van der Waals surface area (Å²) < 4.78 is 37.1. The second kappa shape index (κ2) is 9.67. The Morgan fingerprint density at radius 2 is 1.94 bits per heavy atom. The highest BCUT2D eigenvalue weighted by molar-refractivity contribution is 8.04. The lowest BCUT2D eigenvalue weighted by Crippen LogP contribution is -2.37. The number of para-hydroxylation sites is 1. The molecule has 0 bridgehead atoms. The van der Waals surface area contributed by atoms with E-state index in [4.69, 9.17) is 14.6 Å². The van der Waals surface area contributed by atoms with Gasteiger partial charge in [0.15, 0.2) is 0 Å². The van der Waals surface area contributed by atoms with E-state index in [1.54, 1.807) is 24.0 Å². The fraction of sp³-hybridized carbons (Fsp3) is 0.263. The van der Waals surface area contributed by atoms with Gasteiger partial charge in [0.05, 0.1) is 29.6 Å². The molecule has 0 atom stereocenters. The molecule has 12 heteroatoms. The third kappa shape index (κ3) is 5.65. The number of carboxylic acid groups (broad SMARTS) is 1. The molecule has 0 unspecified atom stereocenters. The normalized spacial score (nSPS) is 16.9. The summed E-state index contributed by atoms with van der Waals surface area (Å²) in [4.78, 5) is 21.0. The van der Waals surface area contributed by atoms with Gasteiger partial charge in [0.2, 0.25) is 5.95 Å². The molecular formula is C19H16F3N5O3S. The predicted molar refractivity (Wildman–Crippen MR) is 107 cm³/mol. The first kappa shape index (κ1) is 22.4. The van der Waals surface area contributed by atoms with Crippen LogP contribution in [0.5, 0.6) is 0 Å². The van der Waals surface area contributed by atoms with Crippen LogP contribution in [-0.4, -0.2) is 53.5 Å². The van der Waals surface area contributed by atoms with Crippen molar-refractivity contribution in [2.75, 3.05) is 36.5 Å². The van der Waals surface area contributed by atoms with Crippen molar-refractivity contribution in [1.82, 2.24) is 9.97 Å². The minimum absolute atomic E-state index is 0.535. The monoisotopic (exact) mass is 451 g/mol.